The first-order chi connectivity index (χ1) is 14.7. The fraction of sp³-hybridized carbons (Fsp3) is 0.550. The summed E-state index contributed by atoms with van der Waals surface area (Å²) in [6, 6.07) is 5.27. The maximum absolute atomic E-state index is 11.8. The topological polar surface area (TPSA) is 127 Å². The SMILES string of the molecule is CC(=O)OC[C@H]1[C@H](OC(C)=O)[C@H](OC(C)=O)[C@H](Sc2ccccn2)O[C@@H]1COC(C)=O. The van der Waals surface area contributed by atoms with Gasteiger partial charge in [-0.05, 0) is 12.1 Å². The highest BCUT2D eigenvalue weighted by Gasteiger charge is 2.51. The third-order valence-corrected chi connectivity index (χ3v) is 5.30. The van der Waals surface area contributed by atoms with Crippen LogP contribution in [-0.4, -0.2) is 65.8 Å². The quantitative estimate of drug-likeness (QED) is 0.418. The molecule has 1 aliphatic rings. The van der Waals surface area contributed by atoms with E-state index in [1.807, 2.05) is 0 Å². The van der Waals surface area contributed by atoms with Gasteiger partial charge >= 0.3 is 23.9 Å². The fourth-order valence-electron chi connectivity index (χ4n) is 3.03. The fourth-order valence-corrected chi connectivity index (χ4v) is 4.09. The summed E-state index contributed by atoms with van der Waals surface area (Å²) < 4.78 is 27.3. The van der Waals surface area contributed by atoms with E-state index in [2.05, 4.69) is 4.98 Å². The second kappa shape index (κ2) is 11.7. The van der Waals surface area contributed by atoms with Crippen molar-refractivity contribution in [2.75, 3.05) is 13.2 Å². The highest BCUT2D eigenvalue weighted by Crippen LogP contribution is 2.38. The summed E-state index contributed by atoms with van der Waals surface area (Å²) in [7, 11) is 0. The van der Waals surface area contributed by atoms with Crippen molar-refractivity contribution < 1.29 is 42.9 Å². The van der Waals surface area contributed by atoms with Crippen molar-refractivity contribution in [3.63, 3.8) is 0 Å². The molecule has 10 nitrogen and oxygen atoms in total. The van der Waals surface area contributed by atoms with Crippen LogP contribution < -0.4 is 0 Å². The van der Waals surface area contributed by atoms with Gasteiger partial charge < -0.3 is 23.7 Å². The second-order valence-electron chi connectivity index (χ2n) is 6.75. The molecule has 1 aromatic rings. The Hall–Kier alpha value is -2.66. The number of esters is 4. The maximum atomic E-state index is 11.8. The molecule has 0 bridgehead atoms. The molecule has 2 heterocycles. The van der Waals surface area contributed by atoms with E-state index < -0.39 is 53.5 Å². The first kappa shape index (κ1) is 24.6. The van der Waals surface area contributed by atoms with Crippen molar-refractivity contribution in [2.45, 2.75) is 56.5 Å². The number of hydrogen-bond donors (Lipinski definition) is 0. The molecule has 0 spiro atoms. The van der Waals surface area contributed by atoms with E-state index in [1.54, 1.807) is 24.4 Å². The Labute approximate surface area is 183 Å². The average molecular weight is 455 g/mol. The van der Waals surface area contributed by atoms with Crippen molar-refractivity contribution in [3.05, 3.63) is 24.4 Å². The van der Waals surface area contributed by atoms with Gasteiger partial charge in [-0.2, -0.15) is 0 Å². The van der Waals surface area contributed by atoms with Crippen LogP contribution in [0.2, 0.25) is 0 Å². The van der Waals surface area contributed by atoms with Crippen molar-refractivity contribution >= 4 is 35.6 Å². The molecule has 1 aliphatic heterocycles. The van der Waals surface area contributed by atoms with Crippen molar-refractivity contribution in [1.29, 1.82) is 0 Å². The Kier molecular flexibility index (Phi) is 9.25. The number of hydrogen-bond acceptors (Lipinski definition) is 11. The normalized spacial score (nSPS) is 25.2. The standard InChI is InChI=1S/C20H25NO9S/c1-11(22)26-9-15-16(10-27-12(2)23)30-20(31-17-7-5-6-8-21-17)19(29-14(4)25)18(15)28-13(3)24/h5-8,15-16,18-20H,9-10H2,1-4H3/t15-,16-,18+,19+,20+/m1/s1. The van der Waals surface area contributed by atoms with Gasteiger partial charge in [0.25, 0.3) is 0 Å². The molecule has 0 amide bonds. The van der Waals surface area contributed by atoms with Gasteiger partial charge in [0.1, 0.15) is 24.8 Å². The lowest BCUT2D eigenvalue weighted by Crippen LogP contribution is -2.58. The number of carbonyl (C=O) groups is 4. The van der Waals surface area contributed by atoms with E-state index >= 15 is 0 Å². The van der Waals surface area contributed by atoms with E-state index in [4.69, 9.17) is 23.7 Å². The molecule has 1 fully saturated rings. The number of aromatic nitrogens is 1. The predicted octanol–water partition coefficient (Wildman–Crippen LogP) is 1.50. The van der Waals surface area contributed by atoms with Gasteiger partial charge in [0.05, 0.1) is 10.9 Å². The van der Waals surface area contributed by atoms with E-state index in [1.165, 1.54) is 27.7 Å². The summed E-state index contributed by atoms with van der Waals surface area (Å²) in [5.41, 5.74) is -0.836. The third-order valence-electron chi connectivity index (χ3n) is 4.21. The van der Waals surface area contributed by atoms with Gasteiger partial charge in [-0.3, -0.25) is 19.2 Å². The van der Waals surface area contributed by atoms with Crippen LogP contribution in [0.1, 0.15) is 27.7 Å². The van der Waals surface area contributed by atoms with E-state index in [9.17, 15) is 19.2 Å². The van der Waals surface area contributed by atoms with Crippen LogP contribution in [0.5, 0.6) is 0 Å². The minimum Gasteiger partial charge on any atom is -0.465 e. The number of rotatable bonds is 8. The first-order valence-corrected chi connectivity index (χ1v) is 10.4. The smallest absolute Gasteiger partial charge is 0.303 e. The molecule has 0 radical (unpaired) electrons. The summed E-state index contributed by atoms with van der Waals surface area (Å²) in [4.78, 5) is 50.7. The van der Waals surface area contributed by atoms with Gasteiger partial charge in [-0.1, -0.05) is 17.8 Å². The summed E-state index contributed by atoms with van der Waals surface area (Å²) in [5.74, 6) is -3.07. The first-order valence-electron chi connectivity index (χ1n) is 9.51. The molecule has 2 rings (SSSR count). The lowest BCUT2D eigenvalue weighted by Gasteiger charge is -2.44. The summed E-state index contributed by atoms with van der Waals surface area (Å²) in [5, 5.41) is 0.580. The lowest BCUT2D eigenvalue weighted by atomic mass is 9.90. The summed E-state index contributed by atoms with van der Waals surface area (Å²) in [6.07, 6.45) is -1.26. The van der Waals surface area contributed by atoms with Crippen LogP contribution in [0.3, 0.4) is 0 Å². The Bertz CT molecular complexity index is 788. The highest BCUT2D eigenvalue weighted by molar-refractivity contribution is 7.99. The van der Waals surface area contributed by atoms with Crippen LogP contribution in [-0.2, 0) is 42.9 Å². The van der Waals surface area contributed by atoms with Crippen LogP contribution in [0.25, 0.3) is 0 Å². The Morgan fingerprint density at radius 2 is 1.52 bits per heavy atom. The zero-order valence-corrected chi connectivity index (χ0v) is 18.5. The Morgan fingerprint density at radius 3 is 2.06 bits per heavy atom. The number of carbonyl (C=O) groups excluding carboxylic acids is 4. The molecule has 170 valence electrons. The molecule has 0 aromatic carbocycles. The molecule has 5 atom stereocenters. The number of nitrogens with zero attached hydrogens (tertiary/aromatic N) is 1. The predicted molar refractivity (Wildman–Crippen MR) is 107 cm³/mol. The summed E-state index contributed by atoms with van der Waals surface area (Å²) >= 11 is 1.16. The monoisotopic (exact) mass is 455 g/mol. The van der Waals surface area contributed by atoms with Crippen LogP contribution in [0, 0.1) is 5.92 Å². The Morgan fingerprint density at radius 1 is 0.903 bits per heavy atom. The van der Waals surface area contributed by atoms with Gasteiger partial charge in [0, 0.05) is 33.9 Å². The third kappa shape index (κ3) is 7.83. The van der Waals surface area contributed by atoms with Gasteiger partial charge in [0.15, 0.2) is 12.2 Å². The van der Waals surface area contributed by atoms with E-state index in [0.717, 1.165) is 11.8 Å². The second-order valence-corrected chi connectivity index (χ2v) is 7.86. The highest BCUT2D eigenvalue weighted by atomic mass is 32.2. The zero-order valence-electron chi connectivity index (χ0n) is 17.6. The van der Waals surface area contributed by atoms with Crippen LogP contribution in [0.15, 0.2) is 29.4 Å². The number of pyridine rings is 1. The molecular weight excluding hydrogens is 430 g/mol. The molecule has 0 saturated carbocycles. The summed E-state index contributed by atoms with van der Waals surface area (Å²) in [6.45, 7) is 4.54. The molecular formula is C20H25NO9S. The largest absolute Gasteiger partial charge is 0.465 e. The molecule has 0 unspecified atom stereocenters. The van der Waals surface area contributed by atoms with Crippen LogP contribution in [0.4, 0.5) is 0 Å². The van der Waals surface area contributed by atoms with Crippen LogP contribution >= 0.6 is 11.8 Å². The van der Waals surface area contributed by atoms with Crippen molar-refractivity contribution in [1.82, 2.24) is 4.98 Å². The van der Waals surface area contributed by atoms with Gasteiger partial charge in [-0.15, -0.1) is 0 Å². The van der Waals surface area contributed by atoms with Gasteiger partial charge in [0.2, 0.25) is 0 Å². The average Bonchev–Trinajstić information content (AvgIpc) is 2.68. The lowest BCUT2D eigenvalue weighted by molar-refractivity contribution is -0.222. The zero-order chi connectivity index (χ0) is 23.0. The molecule has 11 heteroatoms. The number of thioether (sulfide) groups is 1. The Balaban J connectivity index is 2.40. The van der Waals surface area contributed by atoms with E-state index in [0.29, 0.717) is 5.03 Å². The van der Waals surface area contributed by atoms with Crippen molar-refractivity contribution in [2.24, 2.45) is 5.92 Å². The van der Waals surface area contributed by atoms with E-state index in [-0.39, 0.29) is 13.2 Å². The maximum Gasteiger partial charge on any atom is 0.303 e. The number of ether oxygens (including phenoxy) is 5. The van der Waals surface area contributed by atoms with Crippen molar-refractivity contribution in [3.8, 4) is 0 Å². The molecule has 31 heavy (non-hydrogen) atoms. The minimum atomic E-state index is -1.03. The molecule has 1 saturated heterocycles. The minimum absolute atomic E-state index is 0.175. The molecule has 1 aromatic heterocycles. The molecule has 0 aliphatic carbocycles. The molecule has 0 N–H and O–H groups in total. The van der Waals surface area contributed by atoms with Gasteiger partial charge in [-0.25, -0.2) is 4.98 Å².